The number of primary amides is 1. The number of ether oxygens (including phenoxy) is 1. The van der Waals surface area contributed by atoms with E-state index < -0.39 is 5.54 Å². The second-order valence-electron chi connectivity index (χ2n) is 4.75. The third-order valence-electron chi connectivity index (χ3n) is 3.32. The minimum Gasteiger partial charge on any atom is -0.381 e. The molecule has 1 aromatic heterocycles. The number of nitrogens with zero attached hydrogens (tertiary/aromatic N) is 3. The Kier molecular flexibility index (Phi) is 3.15. The van der Waals surface area contributed by atoms with E-state index in [0.717, 1.165) is 5.69 Å². The van der Waals surface area contributed by atoms with Gasteiger partial charge in [-0.05, 0) is 5.92 Å². The zero-order chi connectivity index (χ0) is 12.5. The molecule has 0 aliphatic carbocycles. The van der Waals surface area contributed by atoms with Crippen LogP contribution in [0.3, 0.4) is 0 Å². The van der Waals surface area contributed by atoms with Gasteiger partial charge >= 0.3 is 0 Å². The van der Waals surface area contributed by atoms with Crippen molar-refractivity contribution in [2.75, 3.05) is 13.2 Å². The molecule has 2 N–H and O–H groups in total. The van der Waals surface area contributed by atoms with Gasteiger partial charge in [0.05, 0.1) is 5.69 Å². The molecule has 2 rings (SSSR count). The third-order valence-corrected chi connectivity index (χ3v) is 3.32. The SMILES string of the molecule is CC(C)c1cn(C2(C(N)=O)CCOCC2)nn1. The fraction of sp³-hybridized carbons (Fsp3) is 0.727. The third kappa shape index (κ3) is 2.04. The Bertz CT molecular complexity index is 407. The molecule has 0 aromatic carbocycles. The van der Waals surface area contributed by atoms with Gasteiger partial charge in [-0.3, -0.25) is 4.79 Å². The van der Waals surface area contributed by atoms with Gasteiger partial charge in [-0.1, -0.05) is 19.1 Å². The largest absolute Gasteiger partial charge is 0.381 e. The van der Waals surface area contributed by atoms with Crippen molar-refractivity contribution in [1.82, 2.24) is 15.0 Å². The molecule has 17 heavy (non-hydrogen) atoms. The summed E-state index contributed by atoms with van der Waals surface area (Å²) in [5.41, 5.74) is 5.64. The van der Waals surface area contributed by atoms with Crippen molar-refractivity contribution in [3.8, 4) is 0 Å². The number of carbonyl (C=O) groups excluding carboxylic acids is 1. The van der Waals surface area contributed by atoms with Crippen molar-refractivity contribution in [1.29, 1.82) is 0 Å². The van der Waals surface area contributed by atoms with Gasteiger partial charge in [0.1, 0.15) is 5.54 Å². The fourth-order valence-electron chi connectivity index (χ4n) is 2.05. The van der Waals surface area contributed by atoms with Crippen LogP contribution < -0.4 is 5.73 Å². The summed E-state index contributed by atoms with van der Waals surface area (Å²) < 4.78 is 6.90. The van der Waals surface area contributed by atoms with Gasteiger partial charge in [-0.2, -0.15) is 0 Å². The number of rotatable bonds is 3. The van der Waals surface area contributed by atoms with Crippen LogP contribution in [0.4, 0.5) is 0 Å². The molecule has 0 unspecified atom stereocenters. The van der Waals surface area contributed by atoms with E-state index in [1.165, 1.54) is 0 Å². The molecule has 6 nitrogen and oxygen atoms in total. The van der Waals surface area contributed by atoms with Crippen molar-refractivity contribution >= 4 is 5.91 Å². The Morgan fingerprint density at radius 1 is 1.53 bits per heavy atom. The molecule has 0 atom stereocenters. The van der Waals surface area contributed by atoms with Crippen molar-refractivity contribution < 1.29 is 9.53 Å². The number of aromatic nitrogens is 3. The zero-order valence-electron chi connectivity index (χ0n) is 10.2. The molecule has 0 radical (unpaired) electrons. The Morgan fingerprint density at radius 2 is 2.18 bits per heavy atom. The molecular weight excluding hydrogens is 220 g/mol. The summed E-state index contributed by atoms with van der Waals surface area (Å²) in [5.74, 6) is -0.0745. The lowest BCUT2D eigenvalue weighted by Crippen LogP contribution is -2.50. The van der Waals surface area contributed by atoms with E-state index in [9.17, 15) is 4.79 Å². The molecule has 1 fully saturated rings. The highest BCUT2D eigenvalue weighted by molar-refractivity contribution is 5.82. The predicted molar refractivity (Wildman–Crippen MR) is 61.3 cm³/mol. The summed E-state index contributed by atoms with van der Waals surface area (Å²) >= 11 is 0. The molecule has 0 bridgehead atoms. The lowest BCUT2D eigenvalue weighted by molar-refractivity contribution is -0.132. The lowest BCUT2D eigenvalue weighted by Gasteiger charge is -2.33. The predicted octanol–water partition coefficient (Wildman–Crippen LogP) is 0.392. The van der Waals surface area contributed by atoms with Crippen LogP contribution in [0.25, 0.3) is 0 Å². The Balaban J connectivity index is 2.35. The number of carbonyl (C=O) groups is 1. The van der Waals surface area contributed by atoms with Crippen molar-refractivity contribution in [3.05, 3.63) is 11.9 Å². The first-order chi connectivity index (χ1) is 8.06. The van der Waals surface area contributed by atoms with E-state index in [-0.39, 0.29) is 11.8 Å². The standard InChI is InChI=1S/C11H18N4O2/c1-8(2)9-7-15(14-13-9)11(10(12)16)3-5-17-6-4-11/h7-8H,3-6H2,1-2H3,(H2,12,16). The quantitative estimate of drug-likeness (QED) is 0.825. The summed E-state index contributed by atoms with van der Waals surface area (Å²) in [6.07, 6.45) is 2.94. The topological polar surface area (TPSA) is 83.0 Å². The van der Waals surface area contributed by atoms with Crippen LogP contribution in [0.15, 0.2) is 6.20 Å². The van der Waals surface area contributed by atoms with Gasteiger partial charge in [-0.25, -0.2) is 4.68 Å². The van der Waals surface area contributed by atoms with Gasteiger partial charge in [0.25, 0.3) is 0 Å². The molecule has 94 valence electrons. The molecule has 1 aliphatic rings. The Morgan fingerprint density at radius 3 is 2.65 bits per heavy atom. The summed E-state index contributed by atoms with van der Waals surface area (Å²) in [6.45, 7) is 5.13. The second-order valence-corrected chi connectivity index (χ2v) is 4.75. The van der Waals surface area contributed by atoms with E-state index in [1.807, 2.05) is 20.0 Å². The molecule has 6 heteroatoms. The first-order valence-electron chi connectivity index (χ1n) is 5.86. The molecule has 0 saturated carbocycles. The fourth-order valence-corrected chi connectivity index (χ4v) is 2.05. The Labute approximate surface area is 100 Å². The highest BCUT2D eigenvalue weighted by atomic mass is 16.5. The first-order valence-corrected chi connectivity index (χ1v) is 5.86. The van der Waals surface area contributed by atoms with E-state index >= 15 is 0 Å². The van der Waals surface area contributed by atoms with Crippen LogP contribution in [-0.2, 0) is 15.1 Å². The van der Waals surface area contributed by atoms with E-state index in [4.69, 9.17) is 10.5 Å². The lowest BCUT2D eigenvalue weighted by atomic mass is 9.89. The molecule has 1 aliphatic heterocycles. The summed E-state index contributed by atoms with van der Waals surface area (Å²) in [6, 6.07) is 0. The van der Waals surface area contributed by atoms with Crippen molar-refractivity contribution in [3.63, 3.8) is 0 Å². The number of hydrogen-bond acceptors (Lipinski definition) is 4. The second kappa shape index (κ2) is 4.44. The number of amides is 1. The highest BCUT2D eigenvalue weighted by Crippen LogP contribution is 2.28. The van der Waals surface area contributed by atoms with Crippen molar-refractivity contribution in [2.24, 2.45) is 5.73 Å². The average Bonchev–Trinajstić information content (AvgIpc) is 2.79. The molecular formula is C11H18N4O2. The molecule has 0 spiro atoms. The minimum absolute atomic E-state index is 0.286. The number of nitrogens with two attached hydrogens (primary N) is 1. The normalized spacial score (nSPS) is 19.5. The maximum atomic E-state index is 11.7. The van der Waals surface area contributed by atoms with Crippen molar-refractivity contribution in [2.45, 2.75) is 38.1 Å². The van der Waals surface area contributed by atoms with E-state index in [0.29, 0.717) is 26.1 Å². The molecule has 1 saturated heterocycles. The van der Waals surface area contributed by atoms with Crippen LogP contribution in [-0.4, -0.2) is 34.1 Å². The van der Waals surface area contributed by atoms with Crippen LogP contribution in [0.5, 0.6) is 0 Å². The van der Waals surface area contributed by atoms with Gasteiger partial charge in [-0.15, -0.1) is 5.10 Å². The molecule has 2 heterocycles. The molecule has 1 aromatic rings. The summed E-state index contributed by atoms with van der Waals surface area (Å²) in [4.78, 5) is 11.7. The van der Waals surface area contributed by atoms with Gasteiger partial charge in [0.15, 0.2) is 0 Å². The smallest absolute Gasteiger partial charge is 0.245 e. The van der Waals surface area contributed by atoms with Gasteiger partial charge < -0.3 is 10.5 Å². The van der Waals surface area contributed by atoms with E-state index in [2.05, 4.69) is 10.3 Å². The Hall–Kier alpha value is -1.43. The highest BCUT2D eigenvalue weighted by Gasteiger charge is 2.41. The first kappa shape index (κ1) is 12.0. The average molecular weight is 238 g/mol. The van der Waals surface area contributed by atoms with Crippen LogP contribution >= 0.6 is 0 Å². The maximum Gasteiger partial charge on any atom is 0.245 e. The minimum atomic E-state index is -0.765. The van der Waals surface area contributed by atoms with Gasteiger partial charge in [0.2, 0.25) is 5.91 Å². The van der Waals surface area contributed by atoms with Gasteiger partial charge in [0, 0.05) is 32.3 Å². The van der Waals surface area contributed by atoms with Crippen LogP contribution in [0.1, 0.15) is 38.3 Å². The van der Waals surface area contributed by atoms with Crippen LogP contribution in [0, 0.1) is 0 Å². The zero-order valence-corrected chi connectivity index (χ0v) is 10.2. The molecule has 1 amide bonds. The van der Waals surface area contributed by atoms with E-state index in [1.54, 1.807) is 4.68 Å². The summed E-state index contributed by atoms with van der Waals surface area (Å²) in [7, 11) is 0. The maximum absolute atomic E-state index is 11.7. The summed E-state index contributed by atoms with van der Waals surface area (Å²) in [5, 5.41) is 8.15. The van der Waals surface area contributed by atoms with Crippen LogP contribution in [0.2, 0.25) is 0 Å². The monoisotopic (exact) mass is 238 g/mol. The number of hydrogen-bond donors (Lipinski definition) is 1.